The molecule has 0 aliphatic rings. The number of hydrogen-bond donors (Lipinski definition) is 1. The normalized spacial score (nSPS) is 10.6. The number of aromatic nitrogens is 3. The summed E-state index contributed by atoms with van der Waals surface area (Å²) in [5.41, 5.74) is 11.1. The van der Waals surface area contributed by atoms with Crippen molar-refractivity contribution in [1.82, 2.24) is 14.8 Å². The van der Waals surface area contributed by atoms with E-state index in [1.54, 1.807) is 18.3 Å². The number of nitriles is 1. The summed E-state index contributed by atoms with van der Waals surface area (Å²) < 4.78 is 1.93. The summed E-state index contributed by atoms with van der Waals surface area (Å²) in [6, 6.07) is 11.2. The van der Waals surface area contributed by atoms with Crippen molar-refractivity contribution in [2.24, 2.45) is 0 Å². The number of aryl methyl sites for hydroxylation is 1. The van der Waals surface area contributed by atoms with Gasteiger partial charge in [-0.15, -0.1) is 0 Å². The molecule has 2 heterocycles. The molecule has 2 aromatic heterocycles. The van der Waals surface area contributed by atoms with E-state index in [9.17, 15) is 0 Å². The molecule has 0 atom stereocenters. The van der Waals surface area contributed by atoms with Crippen LogP contribution < -0.4 is 5.73 Å². The van der Waals surface area contributed by atoms with Gasteiger partial charge in [0.25, 0.3) is 0 Å². The van der Waals surface area contributed by atoms with Crippen molar-refractivity contribution >= 4 is 17.4 Å². The van der Waals surface area contributed by atoms with Gasteiger partial charge in [-0.25, -0.2) is 4.98 Å². The minimum Gasteiger partial charge on any atom is -0.384 e. The smallest absolute Gasteiger partial charge is 0.123 e. The molecule has 0 saturated heterocycles. The highest BCUT2D eigenvalue weighted by Gasteiger charge is 2.15. The summed E-state index contributed by atoms with van der Waals surface area (Å²) >= 11 is 6.17. The average molecular weight is 338 g/mol. The number of nitrogens with zero attached hydrogens (tertiary/aromatic N) is 4. The van der Waals surface area contributed by atoms with Crippen LogP contribution in [0.1, 0.15) is 22.5 Å². The second-order valence-electron chi connectivity index (χ2n) is 5.60. The molecule has 0 aliphatic carbocycles. The molecule has 6 heteroatoms. The average Bonchev–Trinajstić information content (AvgIpc) is 2.83. The monoisotopic (exact) mass is 337 g/mol. The summed E-state index contributed by atoms with van der Waals surface area (Å²) in [6.45, 7) is 4.60. The standard InChI is InChI=1S/C18H16ClN5/c1-11-18(14-4-5-15(8-20)16(19)7-14)12(2)24(23-11)10-13-3-6-17(21)22-9-13/h3-7,9H,10H2,1-2H3,(H2,21,22). The minimum atomic E-state index is 0.448. The lowest BCUT2D eigenvalue weighted by Crippen LogP contribution is -2.04. The molecule has 0 aliphatic heterocycles. The molecule has 0 radical (unpaired) electrons. The number of pyridine rings is 1. The Morgan fingerprint density at radius 2 is 2.04 bits per heavy atom. The lowest BCUT2D eigenvalue weighted by Gasteiger charge is -2.07. The van der Waals surface area contributed by atoms with E-state index in [1.165, 1.54) is 0 Å². The molecule has 3 rings (SSSR count). The molecule has 24 heavy (non-hydrogen) atoms. The van der Waals surface area contributed by atoms with Gasteiger partial charge < -0.3 is 5.73 Å². The molecule has 0 saturated carbocycles. The van der Waals surface area contributed by atoms with Crippen LogP contribution in [0.3, 0.4) is 0 Å². The van der Waals surface area contributed by atoms with Crippen LogP contribution in [0.4, 0.5) is 5.82 Å². The number of nitrogens with two attached hydrogens (primary N) is 1. The number of anilines is 1. The topological polar surface area (TPSA) is 80.5 Å². The molecule has 3 aromatic rings. The van der Waals surface area contributed by atoms with Gasteiger partial charge in [-0.3, -0.25) is 4.68 Å². The lowest BCUT2D eigenvalue weighted by atomic mass is 10.0. The van der Waals surface area contributed by atoms with Crippen LogP contribution in [-0.2, 0) is 6.54 Å². The van der Waals surface area contributed by atoms with Crippen molar-refractivity contribution in [2.75, 3.05) is 5.73 Å². The third-order valence-electron chi connectivity index (χ3n) is 3.94. The first-order valence-corrected chi connectivity index (χ1v) is 7.82. The maximum atomic E-state index is 9.01. The molecule has 2 N–H and O–H groups in total. The van der Waals surface area contributed by atoms with Crippen molar-refractivity contribution in [3.8, 4) is 17.2 Å². The summed E-state index contributed by atoms with van der Waals surface area (Å²) in [5, 5.41) is 14.1. The molecule has 0 amide bonds. The number of rotatable bonds is 3. The quantitative estimate of drug-likeness (QED) is 0.789. The third-order valence-corrected chi connectivity index (χ3v) is 4.25. The molecule has 120 valence electrons. The molecule has 1 aromatic carbocycles. The fourth-order valence-corrected chi connectivity index (χ4v) is 2.96. The van der Waals surface area contributed by atoms with E-state index in [0.717, 1.165) is 28.1 Å². The van der Waals surface area contributed by atoms with Crippen LogP contribution in [0, 0.1) is 25.2 Å². The zero-order valence-electron chi connectivity index (χ0n) is 13.4. The number of hydrogen-bond acceptors (Lipinski definition) is 4. The van der Waals surface area contributed by atoms with Gasteiger partial charge in [0.2, 0.25) is 0 Å². The van der Waals surface area contributed by atoms with Crippen molar-refractivity contribution < 1.29 is 0 Å². The predicted octanol–water partition coefficient (Wildman–Crippen LogP) is 3.72. The maximum Gasteiger partial charge on any atom is 0.123 e. The van der Waals surface area contributed by atoms with E-state index in [2.05, 4.69) is 16.2 Å². The Morgan fingerprint density at radius 3 is 2.67 bits per heavy atom. The molecule has 0 bridgehead atoms. The SMILES string of the molecule is Cc1nn(Cc2ccc(N)nc2)c(C)c1-c1ccc(C#N)c(Cl)c1. The molecule has 5 nitrogen and oxygen atoms in total. The van der Waals surface area contributed by atoms with Crippen LogP contribution >= 0.6 is 11.6 Å². The van der Waals surface area contributed by atoms with Crippen molar-refractivity contribution in [2.45, 2.75) is 20.4 Å². The number of benzene rings is 1. The Kier molecular flexibility index (Phi) is 4.24. The van der Waals surface area contributed by atoms with Crippen LogP contribution in [0.15, 0.2) is 36.5 Å². The van der Waals surface area contributed by atoms with Gasteiger partial charge in [-0.2, -0.15) is 10.4 Å². The van der Waals surface area contributed by atoms with E-state index in [0.29, 0.717) is 22.9 Å². The van der Waals surface area contributed by atoms with E-state index < -0.39 is 0 Å². The van der Waals surface area contributed by atoms with E-state index in [1.807, 2.05) is 36.7 Å². The summed E-state index contributed by atoms with van der Waals surface area (Å²) in [7, 11) is 0. The first kappa shape index (κ1) is 16.0. The van der Waals surface area contributed by atoms with Crippen molar-refractivity contribution in [1.29, 1.82) is 5.26 Å². The predicted molar refractivity (Wildman–Crippen MR) is 94.6 cm³/mol. The Labute approximate surface area is 145 Å². The maximum absolute atomic E-state index is 9.01. The van der Waals surface area contributed by atoms with Gasteiger partial charge in [0.15, 0.2) is 0 Å². The largest absolute Gasteiger partial charge is 0.384 e. The number of nitrogen functional groups attached to an aromatic ring is 1. The van der Waals surface area contributed by atoms with Gasteiger partial charge in [-0.1, -0.05) is 23.7 Å². The van der Waals surface area contributed by atoms with Crippen molar-refractivity contribution in [3.63, 3.8) is 0 Å². The molecule has 0 fully saturated rings. The second-order valence-corrected chi connectivity index (χ2v) is 6.01. The highest BCUT2D eigenvalue weighted by atomic mass is 35.5. The summed E-state index contributed by atoms with van der Waals surface area (Å²) in [6.07, 6.45) is 1.75. The first-order chi connectivity index (χ1) is 11.5. The Morgan fingerprint density at radius 1 is 1.25 bits per heavy atom. The Bertz CT molecular complexity index is 935. The summed E-state index contributed by atoms with van der Waals surface area (Å²) in [4.78, 5) is 4.11. The zero-order valence-corrected chi connectivity index (χ0v) is 14.2. The van der Waals surface area contributed by atoms with E-state index in [4.69, 9.17) is 22.6 Å². The van der Waals surface area contributed by atoms with Gasteiger partial charge in [0.05, 0.1) is 22.8 Å². The van der Waals surface area contributed by atoms with Gasteiger partial charge >= 0.3 is 0 Å². The van der Waals surface area contributed by atoms with Crippen LogP contribution in [-0.4, -0.2) is 14.8 Å². The van der Waals surface area contributed by atoms with Gasteiger partial charge in [0, 0.05) is 17.5 Å². The third kappa shape index (κ3) is 2.97. The fourth-order valence-electron chi connectivity index (χ4n) is 2.73. The lowest BCUT2D eigenvalue weighted by molar-refractivity contribution is 0.657. The zero-order chi connectivity index (χ0) is 17.3. The Hall–Kier alpha value is -2.84. The molecule has 0 spiro atoms. The van der Waals surface area contributed by atoms with Crippen molar-refractivity contribution in [3.05, 3.63) is 64.1 Å². The highest BCUT2D eigenvalue weighted by Crippen LogP contribution is 2.30. The highest BCUT2D eigenvalue weighted by molar-refractivity contribution is 6.32. The summed E-state index contributed by atoms with van der Waals surface area (Å²) in [5.74, 6) is 0.500. The fraction of sp³-hybridized carbons (Fsp3) is 0.167. The molecule has 0 unspecified atom stereocenters. The second kappa shape index (κ2) is 6.34. The van der Waals surface area contributed by atoms with Crippen LogP contribution in [0.5, 0.6) is 0 Å². The molecular weight excluding hydrogens is 322 g/mol. The van der Waals surface area contributed by atoms with Crippen LogP contribution in [0.25, 0.3) is 11.1 Å². The van der Waals surface area contributed by atoms with Gasteiger partial charge in [-0.05, 0) is 43.2 Å². The first-order valence-electron chi connectivity index (χ1n) is 7.44. The number of halogens is 1. The molecular formula is C18H16ClN5. The van der Waals surface area contributed by atoms with Crippen LogP contribution in [0.2, 0.25) is 5.02 Å². The Balaban J connectivity index is 1.99. The van der Waals surface area contributed by atoms with E-state index in [-0.39, 0.29) is 0 Å². The van der Waals surface area contributed by atoms with E-state index >= 15 is 0 Å². The minimum absolute atomic E-state index is 0.448. The van der Waals surface area contributed by atoms with Gasteiger partial charge in [0.1, 0.15) is 11.9 Å².